The maximum Gasteiger partial charge on any atom is 0.303 e. The first-order chi connectivity index (χ1) is 12.6. The minimum absolute atomic E-state index is 0.0415. The lowest BCUT2D eigenvalue weighted by Gasteiger charge is -2.66. The second-order valence-electron chi connectivity index (χ2n) is 10.2. The van der Waals surface area contributed by atoms with E-state index in [1.807, 2.05) is 0 Å². The van der Waals surface area contributed by atoms with Crippen molar-refractivity contribution in [2.45, 2.75) is 77.6 Å². The lowest BCUT2D eigenvalue weighted by Crippen LogP contribution is -2.68. The Morgan fingerprint density at radius 3 is 2.56 bits per heavy atom. The highest BCUT2D eigenvalue weighted by Gasteiger charge is 2.74. The SMILES string of the molecule is C=C1[C@@H](OC(C)=O)[C@@]23[C@H](O)C[C@@H]4[C@@](C)(CO)CCC[C@@]4(C)[C@@H]2CC[C@@H]1[C@H]3O. The summed E-state index contributed by atoms with van der Waals surface area (Å²) in [7, 11) is 0. The number of ether oxygens (including phenoxy) is 1. The van der Waals surface area contributed by atoms with Crippen LogP contribution in [0.5, 0.6) is 0 Å². The van der Waals surface area contributed by atoms with Gasteiger partial charge in [0, 0.05) is 19.4 Å². The standard InChI is InChI=1S/C22H34O5/c1-12-14-6-7-15-21(4)9-5-8-20(3,11-23)16(21)10-17(25)22(15,18(14)26)19(12)27-13(2)24/h14-19,23,25-26H,1,5-11H2,2-4H3/t14-,15-,16+,17+,18+,19+,20+,21-,22+/m0/s1. The molecule has 4 aliphatic carbocycles. The highest BCUT2D eigenvalue weighted by atomic mass is 16.5. The molecule has 4 rings (SSSR count). The number of aliphatic hydroxyl groups excluding tert-OH is 3. The number of carbonyl (C=O) groups is 1. The Hall–Kier alpha value is -0.910. The second kappa shape index (κ2) is 6.04. The maximum absolute atomic E-state index is 11.9. The summed E-state index contributed by atoms with van der Waals surface area (Å²) in [5.74, 6) is -0.282. The fourth-order valence-electron chi connectivity index (χ4n) is 8.00. The lowest BCUT2D eigenvalue weighted by molar-refractivity contribution is -0.259. The molecule has 3 N–H and O–H groups in total. The Labute approximate surface area is 161 Å². The number of hydrogen-bond donors (Lipinski definition) is 3. The van der Waals surface area contributed by atoms with Crippen molar-refractivity contribution in [1.82, 2.24) is 0 Å². The molecule has 0 aromatic rings. The molecule has 5 nitrogen and oxygen atoms in total. The van der Waals surface area contributed by atoms with Gasteiger partial charge >= 0.3 is 5.97 Å². The zero-order chi connectivity index (χ0) is 19.8. The molecular formula is C22H34O5. The van der Waals surface area contributed by atoms with Crippen LogP contribution < -0.4 is 0 Å². The Bertz CT molecular complexity index is 661. The van der Waals surface area contributed by atoms with E-state index >= 15 is 0 Å². The van der Waals surface area contributed by atoms with E-state index in [0.717, 1.165) is 37.7 Å². The van der Waals surface area contributed by atoms with Crippen molar-refractivity contribution >= 4 is 5.97 Å². The number of rotatable bonds is 2. The first-order valence-corrected chi connectivity index (χ1v) is 10.5. The van der Waals surface area contributed by atoms with Crippen molar-refractivity contribution in [1.29, 1.82) is 0 Å². The van der Waals surface area contributed by atoms with Crippen LogP contribution in [0.1, 0.15) is 59.3 Å². The first kappa shape index (κ1) is 19.4. The van der Waals surface area contributed by atoms with Crippen LogP contribution in [0.4, 0.5) is 0 Å². The number of hydrogen-bond acceptors (Lipinski definition) is 5. The molecular weight excluding hydrogens is 344 g/mol. The number of carbonyl (C=O) groups excluding carboxylic acids is 1. The van der Waals surface area contributed by atoms with Gasteiger partial charge in [0.15, 0.2) is 0 Å². The summed E-state index contributed by atoms with van der Waals surface area (Å²) in [4.78, 5) is 11.9. The van der Waals surface area contributed by atoms with Crippen LogP contribution in [0.25, 0.3) is 0 Å². The molecule has 9 atom stereocenters. The van der Waals surface area contributed by atoms with Gasteiger partial charge in [-0.2, -0.15) is 0 Å². The summed E-state index contributed by atoms with van der Waals surface area (Å²) in [5.41, 5.74) is -0.430. The van der Waals surface area contributed by atoms with Crippen molar-refractivity contribution in [3.63, 3.8) is 0 Å². The summed E-state index contributed by atoms with van der Waals surface area (Å²) < 4.78 is 5.73. The van der Waals surface area contributed by atoms with E-state index in [2.05, 4.69) is 20.4 Å². The third-order valence-corrected chi connectivity index (χ3v) is 9.11. The Kier molecular flexibility index (Phi) is 4.34. The molecule has 4 aliphatic rings. The van der Waals surface area contributed by atoms with Crippen molar-refractivity contribution in [2.75, 3.05) is 6.61 Å². The van der Waals surface area contributed by atoms with Gasteiger partial charge in [0.1, 0.15) is 6.10 Å². The molecule has 27 heavy (non-hydrogen) atoms. The molecule has 0 saturated heterocycles. The number of esters is 1. The van der Waals surface area contributed by atoms with Crippen LogP contribution in [0.3, 0.4) is 0 Å². The van der Waals surface area contributed by atoms with Gasteiger partial charge < -0.3 is 20.1 Å². The van der Waals surface area contributed by atoms with Gasteiger partial charge in [-0.15, -0.1) is 0 Å². The molecule has 5 heteroatoms. The summed E-state index contributed by atoms with van der Waals surface area (Å²) in [6.45, 7) is 10.1. The summed E-state index contributed by atoms with van der Waals surface area (Å²) >= 11 is 0. The summed E-state index contributed by atoms with van der Waals surface area (Å²) in [6.07, 6.45) is 3.11. The smallest absolute Gasteiger partial charge is 0.303 e. The van der Waals surface area contributed by atoms with Crippen molar-refractivity contribution in [3.05, 3.63) is 12.2 Å². The van der Waals surface area contributed by atoms with Crippen LogP contribution in [-0.4, -0.2) is 46.2 Å². The fraction of sp³-hybridized carbons (Fsp3) is 0.864. The molecule has 152 valence electrons. The molecule has 4 saturated carbocycles. The van der Waals surface area contributed by atoms with Crippen LogP contribution in [0, 0.1) is 34.0 Å². The third kappa shape index (κ3) is 2.25. The predicted molar refractivity (Wildman–Crippen MR) is 101 cm³/mol. The highest BCUT2D eigenvalue weighted by Crippen LogP contribution is 2.72. The van der Waals surface area contributed by atoms with E-state index in [4.69, 9.17) is 4.74 Å². The first-order valence-electron chi connectivity index (χ1n) is 10.5. The monoisotopic (exact) mass is 378 g/mol. The van der Waals surface area contributed by atoms with Gasteiger partial charge in [-0.05, 0) is 60.3 Å². The molecule has 0 aromatic heterocycles. The average Bonchev–Trinajstić information content (AvgIpc) is 2.72. The maximum atomic E-state index is 11.9. The highest BCUT2D eigenvalue weighted by molar-refractivity contribution is 5.67. The van der Waals surface area contributed by atoms with E-state index in [0.29, 0.717) is 6.42 Å². The van der Waals surface area contributed by atoms with Crippen molar-refractivity contribution in [2.24, 2.45) is 34.0 Å². The fourth-order valence-corrected chi connectivity index (χ4v) is 8.00. The zero-order valence-electron chi connectivity index (χ0n) is 16.8. The minimum atomic E-state index is -0.870. The molecule has 0 aromatic carbocycles. The molecule has 1 spiro atoms. The summed E-state index contributed by atoms with van der Waals surface area (Å²) in [5, 5.41) is 33.0. The quantitative estimate of drug-likeness (QED) is 0.507. The topological polar surface area (TPSA) is 87.0 Å². The Morgan fingerprint density at radius 1 is 1.22 bits per heavy atom. The molecule has 4 fully saturated rings. The van der Waals surface area contributed by atoms with Crippen LogP contribution in [-0.2, 0) is 9.53 Å². The van der Waals surface area contributed by atoms with Gasteiger partial charge in [0.25, 0.3) is 0 Å². The van der Waals surface area contributed by atoms with Gasteiger partial charge in [0.2, 0.25) is 0 Å². The van der Waals surface area contributed by atoms with Crippen molar-refractivity contribution in [3.8, 4) is 0 Å². The van der Waals surface area contributed by atoms with E-state index in [9.17, 15) is 20.1 Å². The van der Waals surface area contributed by atoms with Crippen LogP contribution in [0.15, 0.2) is 12.2 Å². The molecule has 0 aliphatic heterocycles. The van der Waals surface area contributed by atoms with E-state index < -0.39 is 29.7 Å². The molecule has 0 heterocycles. The van der Waals surface area contributed by atoms with Gasteiger partial charge in [0.05, 0.1) is 17.6 Å². The van der Waals surface area contributed by atoms with Gasteiger partial charge in [-0.1, -0.05) is 26.8 Å². The lowest BCUT2D eigenvalue weighted by atomic mass is 9.39. The minimum Gasteiger partial charge on any atom is -0.457 e. The third-order valence-electron chi connectivity index (χ3n) is 9.11. The van der Waals surface area contributed by atoms with Crippen LogP contribution >= 0.6 is 0 Å². The number of fused-ring (bicyclic) bond motifs is 3. The van der Waals surface area contributed by atoms with E-state index in [1.165, 1.54) is 6.92 Å². The zero-order valence-corrected chi connectivity index (χ0v) is 16.8. The molecule has 0 radical (unpaired) electrons. The van der Waals surface area contributed by atoms with E-state index in [1.54, 1.807) is 0 Å². The molecule has 0 amide bonds. The van der Waals surface area contributed by atoms with Crippen molar-refractivity contribution < 1.29 is 24.9 Å². The second-order valence-corrected chi connectivity index (χ2v) is 10.2. The molecule has 2 bridgehead atoms. The summed E-state index contributed by atoms with van der Waals surface area (Å²) in [6, 6.07) is 0. The molecule has 0 unspecified atom stereocenters. The largest absolute Gasteiger partial charge is 0.457 e. The van der Waals surface area contributed by atoms with Gasteiger partial charge in [-0.3, -0.25) is 4.79 Å². The van der Waals surface area contributed by atoms with E-state index in [-0.39, 0.29) is 35.2 Å². The number of aliphatic hydroxyl groups is 3. The normalized spacial score (nSPS) is 54.2. The van der Waals surface area contributed by atoms with Crippen LogP contribution in [0.2, 0.25) is 0 Å². The van der Waals surface area contributed by atoms with Gasteiger partial charge in [-0.25, -0.2) is 0 Å². The predicted octanol–water partition coefficient (Wildman–Crippen LogP) is 2.43. The average molecular weight is 379 g/mol. The Morgan fingerprint density at radius 2 is 1.93 bits per heavy atom. The Balaban J connectivity index is 1.85.